The van der Waals surface area contributed by atoms with Gasteiger partial charge in [0.05, 0.1) is 5.41 Å². The third-order valence-electron chi connectivity index (χ3n) is 2.64. The van der Waals surface area contributed by atoms with E-state index >= 15 is 0 Å². The molecule has 1 saturated heterocycles. The molecular weight excluding hydrogens is 234 g/mol. The molecule has 2 aliphatic rings. The number of rotatable bonds is 0. The van der Waals surface area contributed by atoms with E-state index in [0.717, 1.165) is 10.3 Å². The lowest BCUT2D eigenvalue weighted by Crippen LogP contribution is -2.50. The molecule has 6 nitrogen and oxygen atoms in total. The van der Waals surface area contributed by atoms with Gasteiger partial charge in [-0.2, -0.15) is 8.42 Å². The fraction of sp³-hybridized carbons (Fsp3) is 0.667. The molecule has 0 saturated carbocycles. The number of amides is 1. The highest BCUT2D eigenvalue weighted by Crippen LogP contribution is 2.38. The van der Waals surface area contributed by atoms with Crippen molar-refractivity contribution in [1.82, 2.24) is 4.90 Å². The largest absolute Gasteiger partial charge is 0.465 e. The monoisotopic (exact) mass is 249 g/mol. The van der Waals surface area contributed by atoms with E-state index in [9.17, 15) is 13.2 Å². The van der Waals surface area contributed by atoms with Crippen LogP contribution in [0.1, 0.15) is 26.7 Å². The molecule has 2 heterocycles. The molecule has 1 atom stereocenters. The Bertz CT molecular complexity index is 416. The van der Waals surface area contributed by atoms with Gasteiger partial charge in [0.25, 0.3) is 10.1 Å². The number of carbonyl (C=O) groups is 1. The molecule has 2 rings (SSSR count). The Kier molecular flexibility index (Phi) is 3.30. The molecular formula is C9H15NO5S. The molecule has 1 N–H and O–H groups in total. The lowest BCUT2D eigenvalue weighted by molar-refractivity contribution is -0.0363. The normalized spacial score (nSPS) is 31.4. The van der Waals surface area contributed by atoms with Gasteiger partial charge in [0.1, 0.15) is 0 Å². The van der Waals surface area contributed by atoms with E-state index in [2.05, 4.69) is 0 Å². The van der Waals surface area contributed by atoms with Crippen molar-refractivity contribution < 1.29 is 22.5 Å². The van der Waals surface area contributed by atoms with Crippen LogP contribution in [0.25, 0.3) is 0 Å². The Morgan fingerprint density at radius 2 is 2.19 bits per heavy atom. The number of carboxylic acid groups (broad SMARTS) is 1. The van der Waals surface area contributed by atoms with Crippen LogP contribution in [0.15, 0.2) is 11.5 Å². The van der Waals surface area contributed by atoms with E-state index in [4.69, 9.17) is 9.29 Å². The van der Waals surface area contributed by atoms with Gasteiger partial charge in [0.15, 0.2) is 5.72 Å². The fourth-order valence-corrected chi connectivity index (χ4v) is 3.11. The van der Waals surface area contributed by atoms with Crippen LogP contribution in [0.5, 0.6) is 0 Å². The van der Waals surface area contributed by atoms with Gasteiger partial charge in [-0.3, -0.25) is 4.90 Å². The number of hydrogen-bond donors (Lipinski definition) is 1. The van der Waals surface area contributed by atoms with E-state index in [1.165, 1.54) is 6.08 Å². The lowest BCUT2D eigenvalue weighted by atomic mass is 10.1. The predicted molar refractivity (Wildman–Crippen MR) is 57.2 cm³/mol. The fourth-order valence-electron chi connectivity index (χ4n) is 2.05. The van der Waals surface area contributed by atoms with Crippen LogP contribution in [-0.4, -0.2) is 36.8 Å². The Balaban J connectivity index is 0.00000128. The van der Waals surface area contributed by atoms with Crippen molar-refractivity contribution >= 4 is 16.2 Å². The first-order valence-electron chi connectivity index (χ1n) is 4.58. The van der Waals surface area contributed by atoms with Crippen molar-refractivity contribution in [2.75, 3.05) is 6.54 Å². The molecule has 0 radical (unpaired) electrons. The summed E-state index contributed by atoms with van der Waals surface area (Å²) < 4.78 is 27.4. The van der Waals surface area contributed by atoms with Gasteiger partial charge in [-0.1, -0.05) is 13.5 Å². The molecule has 1 amide bonds. The SMILES string of the molecule is C.O=C(O)N1CCCC12CC=CS(=O)(=O)O2. The summed E-state index contributed by atoms with van der Waals surface area (Å²) >= 11 is 0. The summed E-state index contributed by atoms with van der Waals surface area (Å²) in [6.07, 6.45) is 1.63. The van der Waals surface area contributed by atoms with Gasteiger partial charge < -0.3 is 5.11 Å². The van der Waals surface area contributed by atoms with Crippen LogP contribution < -0.4 is 0 Å². The van der Waals surface area contributed by atoms with E-state index < -0.39 is 21.9 Å². The van der Waals surface area contributed by atoms with Gasteiger partial charge in [-0.25, -0.2) is 8.98 Å². The second-order valence-electron chi connectivity index (χ2n) is 3.64. The van der Waals surface area contributed by atoms with Crippen LogP contribution in [0.3, 0.4) is 0 Å². The topological polar surface area (TPSA) is 83.9 Å². The van der Waals surface area contributed by atoms with Crippen molar-refractivity contribution in [3.63, 3.8) is 0 Å². The van der Waals surface area contributed by atoms with Crippen LogP contribution in [-0.2, 0) is 14.3 Å². The molecule has 1 unspecified atom stereocenters. The maximum Gasteiger partial charge on any atom is 0.409 e. The van der Waals surface area contributed by atoms with E-state index in [0.29, 0.717) is 25.8 Å². The quantitative estimate of drug-likeness (QED) is 0.655. The molecule has 7 heteroatoms. The predicted octanol–water partition coefficient (Wildman–Crippen LogP) is 1.36. The summed E-state index contributed by atoms with van der Waals surface area (Å²) in [4.78, 5) is 12.0. The number of nitrogens with zero attached hydrogens (tertiary/aromatic N) is 1. The molecule has 0 aromatic carbocycles. The molecule has 16 heavy (non-hydrogen) atoms. The summed E-state index contributed by atoms with van der Waals surface area (Å²) in [6, 6.07) is 0. The average molecular weight is 249 g/mol. The summed E-state index contributed by atoms with van der Waals surface area (Å²) in [6.45, 7) is 0.318. The number of likely N-dealkylation sites (tertiary alicyclic amines) is 1. The van der Waals surface area contributed by atoms with Gasteiger partial charge in [0, 0.05) is 13.0 Å². The highest BCUT2D eigenvalue weighted by atomic mass is 32.2. The molecule has 0 aliphatic carbocycles. The van der Waals surface area contributed by atoms with Gasteiger partial charge in [-0.15, -0.1) is 0 Å². The van der Waals surface area contributed by atoms with Gasteiger partial charge in [0.2, 0.25) is 0 Å². The first kappa shape index (κ1) is 13.0. The smallest absolute Gasteiger partial charge is 0.409 e. The molecule has 92 valence electrons. The summed E-state index contributed by atoms with van der Waals surface area (Å²) in [5.41, 5.74) is -1.20. The Morgan fingerprint density at radius 3 is 2.75 bits per heavy atom. The number of hydrogen-bond acceptors (Lipinski definition) is 4. The molecule has 0 bridgehead atoms. The van der Waals surface area contributed by atoms with Gasteiger partial charge >= 0.3 is 6.09 Å². The Morgan fingerprint density at radius 1 is 1.50 bits per heavy atom. The third-order valence-corrected chi connectivity index (χ3v) is 3.71. The summed E-state index contributed by atoms with van der Waals surface area (Å²) in [7, 11) is -3.73. The highest BCUT2D eigenvalue weighted by Gasteiger charge is 2.48. The lowest BCUT2D eigenvalue weighted by Gasteiger charge is -2.36. The van der Waals surface area contributed by atoms with Crippen molar-refractivity contribution in [2.24, 2.45) is 0 Å². The minimum Gasteiger partial charge on any atom is -0.465 e. The Labute approximate surface area is 94.6 Å². The maximum absolute atomic E-state index is 11.3. The molecule has 1 fully saturated rings. The van der Waals surface area contributed by atoms with E-state index in [-0.39, 0.29) is 7.43 Å². The van der Waals surface area contributed by atoms with Crippen molar-refractivity contribution in [3.8, 4) is 0 Å². The second-order valence-corrected chi connectivity index (χ2v) is 5.06. The maximum atomic E-state index is 11.3. The minimum absolute atomic E-state index is 0. The van der Waals surface area contributed by atoms with Crippen LogP contribution >= 0.6 is 0 Å². The third kappa shape index (κ3) is 2.05. The highest BCUT2D eigenvalue weighted by molar-refractivity contribution is 7.89. The zero-order valence-corrected chi connectivity index (χ0v) is 8.74. The zero-order valence-electron chi connectivity index (χ0n) is 7.92. The van der Waals surface area contributed by atoms with Crippen molar-refractivity contribution in [2.45, 2.75) is 32.4 Å². The minimum atomic E-state index is -3.73. The first-order chi connectivity index (χ1) is 6.95. The van der Waals surface area contributed by atoms with E-state index in [1.807, 2.05) is 0 Å². The summed E-state index contributed by atoms with van der Waals surface area (Å²) in [5.74, 6) is 0. The van der Waals surface area contributed by atoms with Crippen LogP contribution in [0.2, 0.25) is 0 Å². The van der Waals surface area contributed by atoms with Crippen molar-refractivity contribution in [1.29, 1.82) is 0 Å². The van der Waals surface area contributed by atoms with Gasteiger partial charge in [-0.05, 0) is 12.8 Å². The van der Waals surface area contributed by atoms with Crippen LogP contribution in [0, 0.1) is 0 Å². The molecule has 2 aliphatic heterocycles. The Hall–Kier alpha value is -1.08. The standard InChI is InChI=1S/C8H11NO5S.CH4/c10-7(11)9-5-1-3-8(9)4-2-6-15(12,13)14-8;/h2,6H,1,3-5H2,(H,10,11);1H4. The van der Waals surface area contributed by atoms with Crippen molar-refractivity contribution in [3.05, 3.63) is 11.5 Å². The first-order valence-corrected chi connectivity index (χ1v) is 6.05. The molecule has 1 spiro atoms. The average Bonchev–Trinajstić information content (AvgIpc) is 2.45. The van der Waals surface area contributed by atoms with Crippen LogP contribution in [0.4, 0.5) is 4.79 Å². The zero-order chi connectivity index (χ0) is 11.1. The second kappa shape index (κ2) is 4.06. The molecule has 0 aromatic heterocycles. The molecule has 0 aromatic rings. The van der Waals surface area contributed by atoms with E-state index in [1.54, 1.807) is 0 Å². The summed E-state index contributed by atoms with van der Waals surface area (Å²) in [5, 5.41) is 9.90.